The first kappa shape index (κ1) is 13.7. The lowest BCUT2D eigenvalue weighted by Crippen LogP contribution is -2.47. The number of ether oxygens (including phenoxy) is 1. The van der Waals surface area contributed by atoms with Gasteiger partial charge in [0, 0.05) is 6.54 Å². The molecule has 2 heterocycles. The van der Waals surface area contributed by atoms with Gasteiger partial charge in [-0.1, -0.05) is 19.1 Å². The summed E-state index contributed by atoms with van der Waals surface area (Å²) in [4.78, 5) is 15.0. The molecule has 4 nitrogen and oxygen atoms in total. The van der Waals surface area contributed by atoms with Crippen LogP contribution in [0.15, 0.2) is 0 Å². The molecule has 0 aromatic heterocycles. The molecule has 2 N–H and O–H groups in total. The smallest absolute Gasteiger partial charge is 0.229 e. The Kier molecular flexibility index (Phi) is 3.92. The monoisotopic (exact) mass is 270 g/mol. The minimum absolute atomic E-state index is 0.0184. The van der Waals surface area contributed by atoms with E-state index < -0.39 is 0 Å². The third-order valence-corrected chi connectivity index (χ3v) is 4.66. The van der Waals surface area contributed by atoms with Gasteiger partial charge in [-0.25, -0.2) is 0 Å². The van der Waals surface area contributed by atoms with E-state index in [2.05, 4.69) is 6.92 Å². The van der Waals surface area contributed by atoms with Crippen molar-refractivity contribution < 1.29 is 9.53 Å². The van der Waals surface area contributed by atoms with Crippen LogP contribution >= 0.6 is 12.2 Å². The zero-order valence-electron chi connectivity index (χ0n) is 11.3. The summed E-state index contributed by atoms with van der Waals surface area (Å²) in [5.74, 6) is 0.352. The predicted molar refractivity (Wildman–Crippen MR) is 74.2 cm³/mol. The maximum atomic E-state index is 12.7. The number of carbonyl (C=O) groups is 1. The van der Waals surface area contributed by atoms with Gasteiger partial charge in [-0.2, -0.15) is 0 Å². The highest BCUT2D eigenvalue weighted by molar-refractivity contribution is 7.80. The van der Waals surface area contributed by atoms with Gasteiger partial charge >= 0.3 is 0 Å². The van der Waals surface area contributed by atoms with E-state index in [1.165, 1.54) is 0 Å². The number of thiocarbonyl (C=S) groups is 1. The van der Waals surface area contributed by atoms with Gasteiger partial charge < -0.3 is 15.4 Å². The molecule has 1 amide bonds. The summed E-state index contributed by atoms with van der Waals surface area (Å²) in [7, 11) is 0. The average molecular weight is 270 g/mol. The van der Waals surface area contributed by atoms with Crippen LogP contribution in [0, 0.1) is 11.8 Å². The van der Waals surface area contributed by atoms with Gasteiger partial charge in [0.2, 0.25) is 5.91 Å². The highest BCUT2D eigenvalue weighted by Gasteiger charge is 2.45. The number of nitrogens with two attached hydrogens (primary N) is 1. The van der Waals surface area contributed by atoms with Crippen molar-refractivity contribution in [3.63, 3.8) is 0 Å². The Balaban J connectivity index is 2.14. The molecule has 5 atom stereocenters. The van der Waals surface area contributed by atoms with Gasteiger partial charge in [-0.15, -0.1) is 0 Å². The first-order chi connectivity index (χ1) is 8.43. The summed E-state index contributed by atoms with van der Waals surface area (Å²) in [6.45, 7) is 6.87. The van der Waals surface area contributed by atoms with Crippen LogP contribution in [-0.4, -0.2) is 40.6 Å². The third kappa shape index (κ3) is 2.26. The molecule has 18 heavy (non-hydrogen) atoms. The molecule has 0 radical (unpaired) electrons. The first-order valence-corrected chi connectivity index (χ1v) is 7.09. The van der Waals surface area contributed by atoms with Crippen LogP contribution in [0.3, 0.4) is 0 Å². The van der Waals surface area contributed by atoms with E-state index in [0.717, 1.165) is 19.4 Å². The maximum Gasteiger partial charge on any atom is 0.229 e. The van der Waals surface area contributed by atoms with E-state index in [9.17, 15) is 4.79 Å². The molecule has 2 aliphatic rings. The zero-order valence-corrected chi connectivity index (χ0v) is 12.1. The van der Waals surface area contributed by atoms with E-state index in [1.807, 2.05) is 18.7 Å². The summed E-state index contributed by atoms with van der Waals surface area (Å²) in [6.07, 6.45) is 2.00. The molecule has 0 bridgehead atoms. The van der Waals surface area contributed by atoms with E-state index in [4.69, 9.17) is 22.7 Å². The normalized spacial score (nSPS) is 40.2. The average Bonchev–Trinajstić information content (AvgIpc) is 2.85. The lowest BCUT2D eigenvalue weighted by atomic mass is 9.88. The van der Waals surface area contributed by atoms with E-state index >= 15 is 0 Å². The van der Waals surface area contributed by atoms with Gasteiger partial charge in [-0.3, -0.25) is 4.79 Å². The molecule has 2 rings (SSSR count). The first-order valence-electron chi connectivity index (χ1n) is 6.68. The van der Waals surface area contributed by atoms with Gasteiger partial charge in [0.25, 0.3) is 0 Å². The second-order valence-corrected chi connectivity index (χ2v) is 5.99. The van der Waals surface area contributed by atoms with Gasteiger partial charge in [0.1, 0.15) is 0 Å². The number of amides is 1. The standard InChI is InChI=1S/C13H22N2O2S/c1-7-8(2)17-9(3)11(7)13(16)15-6-4-5-10(15)12(14)18/h7-11H,4-6H2,1-3H3,(H2,14,18). The van der Waals surface area contributed by atoms with Crippen molar-refractivity contribution in [2.45, 2.75) is 51.9 Å². The Hall–Kier alpha value is -0.680. The molecule has 0 aromatic carbocycles. The zero-order chi connectivity index (χ0) is 13.4. The van der Waals surface area contributed by atoms with Gasteiger partial charge in [0.15, 0.2) is 0 Å². The van der Waals surface area contributed by atoms with Crippen LogP contribution in [0.5, 0.6) is 0 Å². The number of hydrogen-bond donors (Lipinski definition) is 1. The molecule has 5 unspecified atom stereocenters. The third-order valence-electron chi connectivity index (χ3n) is 4.39. The second-order valence-electron chi connectivity index (χ2n) is 5.52. The fourth-order valence-electron chi connectivity index (χ4n) is 3.21. The molecule has 102 valence electrons. The summed E-state index contributed by atoms with van der Waals surface area (Å²) in [5, 5.41) is 0. The Morgan fingerprint density at radius 1 is 1.33 bits per heavy atom. The summed E-state index contributed by atoms with van der Waals surface area (Å²) < 4.78 is 5.75. The molecule has 2 saturated heterocycles. The molecule has 0 saturated carbocycles. The highest BCUT2D eigenvalue weighted by Crippen LogP contribution is 2.35. The van der Waals surface area contributed by atoms with Crippen LogP contribution in [0.1, 0.15) is 33.6 Å². The number of likely N-dealkylation sites (tertiary alicyclic amines) is 1. The lowest BCUT2D eigenvalue weighted by Gasteiger charge is -2.29. The second kappa shape index (κ2) is 5.13. The molecule has 0 spiro atoms. The maximum absolute atomic E-state index is 12.7. The topological polar surface area (TPSA) is 55.6 Å². The Bertz CT molecular complexity index is 361. The van der Waals surface area contributed by atoms with Crippen molar-refractivity contribution in [2.24, 2.45) is 17.6 Å². The van der Waals surface area contributed by atoms with Crippen LogP contribution in [0.4, 0.5) is 0 Å². The predicted octanol–water partition coefficient (Wildman–Crippen LogP) is 1.32. The fourth-order valence-corrected chi connectivity index (χ4v) is 3.46. The Morgan fingerprint density at radius 3 is 2.50 bits per heavy atom. The van der Waals surface area contributed by atoms with Crippen molar-refractivity contribution in [3.05, 3.63) is 0 Å². The Morgan fingerprint density at radius 2 is 2.00 bits per heavy atom. The highest BCUT2D eigenvalue weighted by atomic mass is 32.1. The molecule has 5 heteroatoms. The lowest BCUT2D eigenvalue weighted by molar-refractivity contribution is -0.137. The molecule has 2 fully saturated rings. The quantitative estimate of drug-likeness (QED) is 0.769. The van der Waals surface area contributed by atoms with Crippen LogP contribution < -0.4 is 5.73 Å². The SMILES string of the molecule is CC1OC(C)C(C(=O)N2CCCC2C(N)=S)C1C. The van der Waals surface area contributed by atoms with E-state index in [0.29, 0.717) is 4.99 Å². The van der Waals surface area contributed by atoms with Crippen molar-refractivity contribution in [1.82, 2.24) is 4.90 Å². The number of rotatable bonds is 2. The molecule has 0 aliphatic carbocycles. The molecule has 0 aromatic rings. The Labute approximate surface area is 114 Å². The fraction of sp³-hybridized carbons (Fsp3) is 0.846. The van der Waals surface area contributed by atoms with Crippen molar-refractivity contribution >= 4 is 23.1 Å². The number of carbonyl (C=O) groups excluding carboxylic acids is 1. The summed E-state index contributed by atoms with van der Waals surface area (Å²) in [5.41, 5.74) is 5.73. The minimum atomic E-state index is -0.0602. The van der Waals surface area contributed by atoms with Crippen molar-refractivity contribution in [1.29, 1.82) is 0 Å². The van der Waals surface area contributed by atoms with Gasteiger partial charge in [0.05, 0.1) is 29.2 Å². The van der Waals surface area contributed by atoms with E-state index in [1.54, 1.807) is 0 Å². The largest absolute Gasteiger partial charge is 0.392 e. The van der Waals surface area contributed by atoms with Crippen molar-refractivity contribution in [3.8, 4) is 0 Å². The number of nitrogens with zero attached hydrogens (tertiary/aromatic N) is 1. The van der Waals surface area contributed by atoms with E-state index in [-0.39, 0.29) is 36.0 Å². The van der Waals surface area contributed by atoms with Crippen LogP contribution in [-0.2, 0) is 9.53 Å². The van der Waals surface area contributed by atoms with Crippen molar-refractivity contribution in [2.75, 3.05) is 6.54 Å². The van der Waals surface area contributed by atoms with Crippen LogP contribution in [0.25, 0.3) is 0 Å². The summed E-state index contributed by atoms with van der Waals surface area (Å²) in [6, 6.07) is -0.0530. The molecular formula is C13H22N2O2S. The number of hydrogen-bond acceptors (Lipinski definition) is 3. The minimum Gasteiger partial charge on any atom is -0.392 e. The van der Waals surface area contributed by atoms with Crippen LogP contribution in [0.2, 0.25) is 0 Å². The molecular weight excluding hydrogens is 248 g/mol. The van der Waals surface area contributed by atoms with Gasteiger partial charge in [-0.05, 0) is 32.6 Å². The molecule has 2 aliphatic heterocycles. The summed E-state index contributed by atoms with van der Waals surface area (Å²) >= 11 is 5.06.